The van der Waals surface area contributed by atoms with Crippen molar-refractivity contribution in [1.29, 1.82) is 0 Å². The van der Waals surface area contributed by atoms with Crippen LogP contribution in [0.15, 0.2) is 12.1 Å². The number of halogens is 2. The van der Waals surface area contributed by atoms with Gasteiger partial charge in [-0.2, -0.15) is 0 Å². The van der Waals surface area contributed by atoms with Gasteiger partial charge in [-0.25, -0.2) is 4.79 Å². The van der Waals surface area contributed by atoms with E-state index in [-0.39, 0.29) is 51.6 Å². The summed E-state index contributed by atoms with van der Waals surface area (Å²) in [5, 5.41) is 13.2. The van der Waals surface area contributed by atoms with Crippen LogP contribution < -0.4 is 5.32 Å². The average Bonchev–Trinajstić information content (AvgIpc) is 3.14. The van der Waals surface area contributed by atoms with Gasteiger partial charge in [0.15, 0.2) is 6.10 Å². The summed E-state index contributed by atoms with van der Waals surface area (Å²) in [4.78, 5) is 26.4. The first-order valence-corrected chi connectivity index (χ1v) is 9.22. The molecule has 2 saturated heterocycles. The molecule has 1 aliphatic carbocycles. The minimum Gasteiger partial charge on any atom is -0.506 e. The van der Waals surface area contributed by atoms with Gasteiger partial charge in [0.25, 0.3) is 5.91 Å². The molecule has 7 nitrogen and oxygen atoms in total. The van der Waals surface area contributed by atoms with Gasteiger partial charge in [0.05, 0.1) is 23.8 Å². The molecule has 1 aromatic rings. The molecule has 0 unspecified atom stereocenters. The van der Waals surface area contributed by atoms with E-state index in [0.717, 1.165) is 6.42 Å². The summed E-state index contributed by atoms with van der Waals surface area (Å²) in [5.41, 5.74) is 0.0477. The molecule has 1 saturated carbocycles. The average molecular weight is 401 g/mol. The number of hydrogen-bond donors (Lipinski definition) is 2. The van der Waals surface area contributed by atoms with E-state index in [2.05, 4.69) is 5.32 Å². The second kappa shape index (κ2) is 6.79. The number of ether oxygens (including phenoxy) is 2. The summed E-state index contributed by atoms with van der Waals surface area (Å²) in [5.74, 6) is -0.555. The van der Waals surface area contributed by atoms with Crippen LogP contribution in [0.25, 0.3) is 0 Å². The number of carbonyl (C=O) groups is 2. The van der Waals surface area contributed by atoms with Gasteiger partial charge >= 0.3 is 6.09 Å². The van der Waals surface area contributed by atoms with Gasteiger partial charge in [-0.15, -0.1) is 0 Å². The molecule has 9 heteroatoms. The molecule has 2 heterocycles. The summed E-state index contributed by atoms with van der Waals surface area (Å²) < 4.78 is 10.4. The molecule has 2 bridgehead atoms. The highest BCUT2D eigenvalue weighted by Crippen LogP contribution is 2.39. The van der Waals surface area contributed by atoms with Crippen LogP contribution >= 0.6 is 23.2 Å². The van der Waals surface area contributed by atoms with Gasteiger partial charge in [-0.3, -0.25) is 4.79 Å². The fraction of sp³-hybridized carbons (Fsp3) is 0.529. The Labute approximate surface area is 160 Å². The van der Waals surface area contributed by atoms with Crippen molar-refractivity contribution in [3.05, 3.63) is 27.7 Å². The lowest BCUT2D eigenvalue weighted by Gasteiger charge is -2.34. The number of amides is 2. The van der Waals surface area contributed by atoms with E-state index >= 15 is 0 Å². The largest absolute Gasteiger partial charge is 0.506 e. The number of phenolic OH excluding ortho intramolecular Hbond substituents is 1. The number of carbonyl (C=O) groups excluding carboxylic acids is 2. The van der Waals surface area contributed by atoms with Crippen LogP contribution in [0, 0.1) is 5.92 Å². The molecule has 3 fully saturated rings. The molecular formula is C17H18Cl2N2O5. The van der Waals surface area contributed by atoms with Crippen molar-refractivity contribution in [1.82, 2.24) is 10.2 Å². The number of rotatable bonds is 3. The lowest BCUT2D eigenvalue weighted by molar-refractivity contribution is -0.106. The van der Waals surface area contributed by atoms with Crippen LogP contribution in [0.1, 0.15) is 23.2 Å². The topological polar surface area (TPSA) is 88.1 Å². The number of aromatic hydroxyl groups is 1. The summed E-state index contributed by atoms with van der Waals surface area (Å²) in [7, 11) is 0. The van der Waals surface area contributed by atoms with E-state index in [0.29, 0.717) is 26.2 Å². The fourth-order valence-corrected chi connectivity index (χ4v) is 4.32. The third kappa shape index (κ3) is 3.19. The van der Waals surface area contributed by atoms with Crippen molar-refractivity contribution in [2.75, 3.05) is 19.8 Å². The normalized spacial score (nSPS) is 27.3. The van der Waals surface area contributed by atoms with E-state index in [1.54, 1.807) is 4.90 Å². The molecule has 3 aliphatic rings. The Morgan fingerprint density at radius 3 is 2.65 bits per heavy atom. The summed E-state index contributed by atoms with van der Waals surface area (Å²) in [6.45, 7) is 1.46. The van der Waals surface area contributed by atoms with Gasteiger partial charge in [0.2, 0.25) is 0 Å². The number of hydrogen-bond acceptors (Lipinski definition) is 5. The first-order chi connectivity index (χ1) is 12.4. The van der Waals surface area contributed by atoms with Crippen molar-refractivity contribution in [2.45, 2.75) is 31.0 Å². The van der Waals surface area contributed by atoms with Crippen molar-refractivity contribution >= 4 is 35.2 Å². The number of phenols is 1. The van der Waals surface area contributed by atoms with Gasteiger partial charge < -0.3 is 24.8 Å². The Kier molecular flexibility index (Phi) is 4.62. The Hall–Kier alpha value is -1.70. The van der Waals surface area contributed by atoms with Gasteiger partial charge in [-0.05, 0) is 30.9 Å². The summed E-state index contributed by atoms with van der Waals surface area (Å²) >= 11 is 11.8. The van der Waals surface area contributed by atoms with Gasteiger partial charge in [0, 0.05) is 23.7 Å². The Morgan fingerprint density at radius 2 is 2.04 bits per heavy atom. The first kappa shape index (κ1) is 17.7. The monoisotopic (exact) mass is 400 g/mol. The van der Waals surface area contributed by atoms with E-state index in [1.165, 1.54) is 12.1 Å². The molecule has 2 amide bonds. The molecule has 0 radical (unpaired) electrons. The predicted octanol–water partition coefficient (Wildman–Crippen LogP) is 2.43. The summed E-state index contributed by atoms with van der Waals surface area (Å²) in [6, 6.07) is 2.75. The Balaban J connectivity index is 1.37. The van der Waals surface area contributed by atoms with Crippen LogP contribution in [0.4, 0.5) is 4.79 Å². The lowest BCUT2D eigenvalue weighted by atomic mass is 10.0. The van der Waals surface area contributed by atoms with Crippen LogP contribution in [0.5, 0.6) is 5.75 Å². The van der Waals surface area contributed by atoms with Crippen LogP contribution in [-0.2, 0) is 9.47 Å². The number of piperidine rings is 1. The Morgan fingerprint density at radius 1 is 1.27 bits per heavy atom. The van der Waals surface area contributed by atoms with Crippen molar-refractivity contribution in [2.24, 2.45) is 5.92 Å². The molecule has 3 atom stereocenters. The second-order valence-electron chi connectivity index (χ2n) is 6.94. The summed E-state index contributed by atoms with van der Waals surface area (Å²) in [6.07, 6.45) is 1.02. The van der Waals surface area contributed by atoms with Gasteiger partial charge in [0.1, 0.15) is 5.75 Å². The van der Waals surface area contributed by atoms with Gasteiger partial charge in [-0.1, -0.05) is 23.2 Å². The zero-order valence-electron chi connectivity index (χ0n) is 13.8. The maximum absolute atomic E-state index is 12.5. The quantitative estimate of drug-likeness (QED) is 0.813. The zero-order valence-corrected chi connectivity index (χ0v) is 15.3. The van der Waals surface area contributed by atoms with Crippen molar-refractivity contribution in [3.63, 3.8) is 0 Å². The number of likely N-dealkylation sites (tertiary alicyclic amines) is 1. The van der Waals surface area contributed by atoms with Crippen LogP contribution in [0.2, 0.25) is 10.0 Å². The van der Waals surface area contributed by atoms with Crippen molar-refractivity contribution < 1.29 is 24.2 Å². The first-order valence-electron chi connectivity index (χ1n) is 8.46. The zero-order chi connectivity index (χ0) is 18.4. The molecule has 0 aromatic heterocycles. The van der Waals surface area contributed by atoms with E-state index in [4.69, 9.17) is 32.7 Å². The minimum absolute atomic E-state index is 0.0319. The smallest absolute Gasteiger partial charge is 0.410 e. The number of benzene rings is 1. The SMILES string of the molecule is O=C(N[C@@H]1C[C@H]2C[C@@H]1CN2C(=O)OC1COC1)c1cc(Cl)cc(Cl)c1O. The van der Waals surface area contributed by atoms with E-state index in [9.17, 15) is 14.7 Å². The second-order valence-corrected chi connectivity index (χ2v) is 7.79. The molecule has 2 N–H and O–H groups in total. The predicted molar refractivity (Wildman–Crippen MR) is 93.7 cm³/mol. The molecule has 0 spiro atoms. The number of fused-ring (bicyclic) bond motifs is 2. The molecule has 140 valence electrons. The number of nitrogens with zero attached hydrogens (tertiary/aromatic N) is 1. The van der Waals surface area contributed by atoms with Crippen LogP contribution in [-0.4, -0.2) is 60.0 Å². The molecule has 26 heavy (non-hydrogen) atoms. The maximum Gasteiger partial charge on any atom is 0.410 e. The van der Waals surface area contributed by atoms with E-state index in [1.807, 2.05) is 0 Å². The fourth-order valence-electron chi connectivity index (χ4n) is 3.83. The highest BCUT2D eigenvalue weighted by atomic mass is 35.5. The molecule has 1 aromatic carbocycles. The highest BCUT2D eigenvalue weighted by Gasteiger charge is 2.48. The van der Waals surface area contributed by atoms with Crippen molar-refractivity contribution in [3.8, 4) is 5.75 Å². The standard InChI is InChI=1S/C17H18Cl2N2O5/c18-9-2-12(15(22)13(19)3-9)16(23)20-14-4-10-1-8(14)5-21(10)17(24)26-11-6-25-7-11/h2-3,8,10-11,14,22H,1,4-7H2,(H,20,23)/t8-,10-,14-/m1/s1. The third-order valence-electron chi connectivity index (χ3n) is 5.24. The Bertz CT molecular complexity index is 755. The molecule has 2 aliphatic heterocycles. The van der Waals surface area contributed by atoms with Crippen LogP contribution in [0.3, 0.4) is 0 Å². The number of nitrogens with one attached hydrogen (secondary N) is 1. The molecule has 4 rings (SSSR count). The lowest BCUT2D eigenvalue weighted by Crippen LogP contribution is -2.49. The highest BCUT2D eigenvalue weighted by molar-refractivity contribution is 6.36. The third-order valence-corrected chi connectivity index (χ3v) is 5.75. The molecular weight excluding hydrogens is 383 g/mol. The van der Waals surface area contributed by atoms with E-state index < -0.39 is 5.91 Å². The maximum atomic E-state index is 12.5. The minimum atomic E-state index is -0.426.